The Kier molecular flexibility index (Phi) is 14.4. The van der Waals surface area contributed by atoms with E-state index in [-0.39, 0.29) is 37.0 Å². The molecule has 0 atom stereocenters. The Bertz CT molecular complexity index is 2310. The fraction of sp³-hybridized carbons (Fsp3) is 0.355. The zero-order valence-corrected chi connectivity index (χ0v) is 34.0. The summed E-state index contributed by atoms with van der Waals surface area (Å²) in [5.74, 6) is -4.77. The van der Waals surface area contributed by atoms with E-state index in [0.717, 1.165) is 21.5 Å². The average molecular weight is 893 g/mol. The molecule has 0 bridgehead atoms. The third kappa shape index (κ3) is 10.2. The highest BCUT2D eigenvalue weighted by molar-refractivity contribution is 8.30. The van der Waals surface area contributed by atoms with Crippen molar-refractivity contribution in [1.29, 1.82) is 0 Å². The van der Waals surface area contributed by atoms with Crippen LogP contribution in [0.25, 0.3) is 10.5 Å². The van der Waals surface area contributed by atoms with Crippen molar-refractivity contribution in [1.82, 2.24) is 14.5 Å². The second-order valence-electron chi connectivity index (χ2n) is 11.7. The molecular formula is C31H33ClN6O13S5. The minimum Gasteiger partial charge on any atom is -0.480 e. The van der Waals surface area contributed by atoms with Crippen LogP contribution in [0.3, 0.4) is 0 Å². The second-order valence-corrected chi connectivity index (χ2v) is 17.1. The first-order valence-corrected chi connectivity index (χ1v) is 21.1. The van der Waals surface area contributed by atoms with Gasteiger partial charge in [-0.1, -0.05) is 41.7 Å². The number of rotatable bonds is 16. The molecule has 3 aliphatic heterocycles. The molecule has 5 rings (SSSR count). The highest BCUT2D eigenvalue weighted by Gasteiger charge is 2.36. The summed E-state index contributed by atoms with van der Waals surface area (Å²) in [6.45, 7) is 2.59. The Labute approximate surface area is 341 Å². The molecular weight excluding hydrogens is 860 g/mol. The van der Waals surface area contributed by atoms with Crippen molar-refractivity contribution in [2.75, 3.05) is 61.5 Å². The number of carboxylic acids is 2. The molecule has 56 heavy (non-hydrogen) atoms. The third-order valence-corrected chi connectivity index (χ3v) is 12.7. The number of primary amides is 1. The van der Waals surface area contributed by atoms with Crippen LogP contribution in [0.15, 0.2) is 45.9 Å². The summed E-state index contributed by atoms with van der Waals surface area (Å²) in [5.41, 5.74) is 5.66. The van der Waals surface area contributed by atoms with Crippen LogP contribution in [-0.2, 0) is 49.9 Å². The Morgan fingerprint density at radius 3 is 2.39 bits per heavy atom. The number of nitrogens with zero attached hydrogens (tertiary/aromatic N) is 5. The summed E-state index contributed by atoms with van der Waals surface area (Å²) in [7, 11) is -4.30. The lowest BCUT2D eigenvalue weighted by atomic mass is 10.2. The van der Waals surface area contributed by atoms with E-state index < -0.39 is 58.3 Å². The molecule has 3 aliphatic rings. The van der Waals surface area contributed by atoms with Crippen LogP contribution in [0.5, 0.6) is 0 Å². The summed E-state index contributed by atoms with van der Waals surface area (Å²) < 4.78 is 43.5. The van der Waals surface area contributed by atoms with Gasteiger partial charge in [0, 0.05) is 13.1 Å². The first-order valence-electron chi connectivity index (χ1n) is 16.3. The summed E-state index contributed by atoms with van der Waals surface area (Å²) in [4.78, 5) is 72.8. The molecule has 1 aromatic heterocycles. The number of carbonyl (C=O) groups excluding carboxylic acids is 2. The van der Waals surface area contributed by atoms with Crippen molar-refractivity contribution in [3.63, 3.8) is 0 Å². The molecule has 25 heteroatoms. The summed E-state index contributed by atoms with van der Waals surface area (Å²) in [5, 5.41) is 20.7. The molecule has 0 unspecified atom stereocenters. The largest absolute Gasteiger partial charge is 0.480 e. The number of thioether (sulfide) groups is 1. The number of nitrogens with two attached hydrogens (primary N) is 1. The topological polar surface area (TPSA) is 252 Å². The number of anilines is 2. The normalized spacial score (nSPS) is 18.8. The molecule has 5 N–H and O–H groups in total. The molecule has 0 saturated carbocycles. The summed E-state index contributed by atoms with van der Waals surface area (Å²) in [6.07, 6.45) is 4.20. The molecule has 19 nitrogen and oxygen atoms in total. The molecule has 4 heterocycles. The Balaban J connectivity index is 1.56. The van der Waals surface area contributed by atoms with Gasteiger partial charge < -0.3 is 30.5 Å². The van der Waals surface area contributed by atoms with Crippen LogP contribution < -0.4 is 30.3 Å². The number of aliphatic carboxylic acids is 2. The minimum absolute atomic E-state index is 0.00126. The number of allylic oxidation sites excluding steroid dienone is 2. The molecule has 2 amide bonds. The van der Waals surface area contributed by atoms with E-state index in [2.05, 4.69) is 0 Å². The Morgan fingerprint density at radius 1 is 1.09 bits per heavy atom. The average Bonchev–Trinajstić information content (AvgIpc) is 3.69. The van der Waals surface area contributed by atoms with Gasteiger partial charge in [-0.2, -0.15) is 13.5 Å². The first-order chi connectivity index (χ1) is 26.5. The number of ether oxygens (including phenoxy) is 1. The molecule has 1 aromatic carbocycles. The van der Waals surface area contributed by atoms with Gasteiger partial charge in [0.2, 0.25) is 5.91 Å². The Hall–Kier alpha value is -3.82. The highest BCUT2D eigenvalue weighted by Crippen LogP contribution is 2.46. The number of carbonyl (C=O) groups is 4. The number of benzene rings is 1. The number of thiocarbonyl (C=S) groups is 1. The molecule has 2 saturated heterocycles. The maximum Gasteiger partial charge on any atom is 0.323 e. The van der Waals surface area contributed by atoms with E-state index in [9.17, 15) is 47.2 Å². The van der Waals surface area contributed by atoms with E-state index in [1.165, 1.54) is 12.2 Å². The van der Waals surface area contributed by atoms with Crippen molar-refractivity contribution in [3.8, 4) is 0 Å². The van der Waals surface area contributed by atoms with E-state index in [1.54, 1.807) is 28.2 Å². The number of fused-ring (bicyclic) bond motifs is 1. The van der Waals surface area contributed by atoms with Crippen molar-refractivity contribution in [2.45, 2.75) is 24.8 Å². The number of amides is 2. The van der Waals surface area contributed by atoms with Gasteiger partial charge in [-0.3, -0.25) is 38.0 Å². The smallest absolute Gasteiger partial charge is 0.323 e. The predicted octanol–water partition coefficient (Wildman–Crippen LogP) is 0.561. The van der Waals surface area contributed by atoms with Crippen molar-refractivity contribution >= 4 is 119 Å². The molecule has 2 aromatic rings. The van der Waals surface area contributed by atoms with Gasteiger partial charge in [-0.15, -0.1) is 20.7 Å². The number of hydrogen-bond donors (Lipinski definition) is 4. The lowest BCUT2D eigenvalue weighted by Gasteiger charge is -2.24. The first kappa shape index (κ1) is 43.3. The van der Waals surface area contributed by atoms with Crippen LogP contribution in [0.1, 0.15) is 13.3 Å². The lowest BCUT2D eigenvalue weighted by molar-refractivity contribution is -0.370. The minimum atomic E-state index is -4.30. The van der Waals surface area contributed by atoms with Crippen LogP contribution in [0.4, 0.5) is 11.4 Å². The van der Waals surface area contributed by atoms with Crippen molar-refractivity contribution in [2.24, 2.45) is 5.73 Å². The van der Waals surface area contributed by atoms with E-state index in [4.69, 9.17) is 43.6 Å². The fourth-order valence-corrected chi connectivity index (χ4v) is 9.43. The second kappa shape index (κ2) is 18.6. The zero-order chi connectivity index (χ0) is 40.9. The van der Waals surface area contributed by atoms with Crippen LogP contribution in [0.2, 0.25) is 5.02 Å². The van der Waals surface area contributed by atoms with Gasteiger partial charge in [0.1, 0.15) is 37.3 Å². The van der Waals surface area contributed by atoms with Crippen molar-refractivity contribution < 1.29 is 56.4 Å². The Morgan fingerprint density at radius 2 is 1.77 bits per heavy atom. The van der Waals surface area contributed by atoms with Gasteiger partial charge in [0.15, 0.2) is 0 Å². The van der Waals surface area contributed by atoms with Gasteiger partial charge in [-0.25, -0.2) is 0 Å². The molecule has 302 valence electrons. The number of thiazole rings is 1. The van der Waals surface area contributed by atoms with Crippen molar-refractivity contribution in [3.05, 3.63) is 60.8 Å². The fourth-order valence-electron chi connectivity index (χ4n) is 5.62. The summed E-state index contributed by atoms with van der Waals surface area (Å²) >= 11 is 14.0. The standard InChI is InChI=1S/C31H33ClN6O13S5/c1-2-35-19-13-18(32)21(55-51-50-34-8-10-49-11-9-34)14-20(19)36(7-4-12-56(46,47)48)22(35)6-3-5-17(27(33)43)25-28(44)37(15-23(39)40)30(53-25)26-29(45)38(16-24(41)42)31(52)54-26/h3,5-6,13-14H,2,4,7-12,15-16H2,1H3,(H2,33,43)(H,39,40)(H,41,42)(H,46,47,48)/b5-3?,22-6?,25-17?,30-26+. The van der Waals surface area contributed by atoms with Gasteiger partial charge in [-0.05, 0) is 37.6 Å². The summed E-state index contributed by atoms with van der Waals surface area (Å²) in [6, 6.07) is 3.40. The quantitative estimate of drug-likeness (QED) is 0.0591. The number of hydrogen-bond acceptors (Lipinski definition) is 17. The van der Waals surface area contributed by atoms with Gasteiger partial charge in [0.25, 0.3) is 21.6 Å². The molecule has 2 fully saturated rings. The third-order valence-electron chi connectivity index (χ3n) is 8.03. The maximum absolute atomic E-state index is 13.7. The number of aromatic nitrogens is 1. The lowest BCUT2D eigenvalue weighted by Crippen LogP contribution is -2.37. The van der Waals surface area contributed by atoms with Crippen LogP contribution >= 0.6 is 59.0 Å². The number of hydroxylamine groups is 2. The predicted molar refractivity (Wildman–Crippen MR) is 212 cm³/mol. The van der Waals surface area contributed by atoms with E-state index in [1.807, 2.05) is 11.8 Å². The molecule has 0 aliphatic carbocycles. The van der Waals surface area contributed by atoms with Gasteiger partial charge in [0.05, 0.1) is 71.0 Å². The maximum atomic E-state index is 13.7. The monoisotopic (exact) mass is 892 g/mol. The molecule has 0 radical (unpaired) electrons. The SMILES string of the molecule is CCN1C(=CC=CC(C(N)=O)=c2s/c(=C3/SC(=S)N(CC(=O)O)C3=O)n(CC(=O)O)c2=O)N(CCCS(=O)(=O)O)c2cc(SOON3CCOCC3)c(Cl)cc21. The zero-order valence-electron chi connectivity index (χ0n) is 29.1. The van der Waals surface area contributed by atoms with Crippen LogP contribution in [-0.4, -0.2) is 117 Å². The van der Waals surface area contributed by atoms with Gasteiger partial charge >= 0.3 is 11.9 Å². The number of halogens is 1. The number of carboxylic acid groups (broad SMARTS) is 2. The van der Waals surface area contributed by atoms with Crippen LogP contribution in [0, 0.1) is 0 Å². The van der Waals surface area contributed by atoms with E-state index in [0.29, 0.717) is 83.1 Å². The van der Waals surface area contributed by atoms with E-state index >= 15 is 0 Å². The number of morpholine rings is 1. The highest BCUT2D eigenvalue weighted by atomic mass is 35.5. The molecule has 0 spiro atoms.